The van der Waals surface area contributed by atoms with Gasteiger partial charge in [-0.05, 0) is 59.7 Å². The number of nitrogens with zero attached hydrogens (tertiary/aromatic N) is 1. The molecular formula is C21H25NO4S. The Morgan fingerprint density at radius 1 is 1.11 bits per heavy atom. The second-order valence-electron chi connectivity index (χ2n) is 7.98. The van der Waals surface area contributed by atoms with Crippen molar-refractivity contribution in [3.63, 3.8) is 0 Å². The molecule has 1 heterocycles. The van der Waals surface area contributed by atoms with E-state index in [1.165, 1.54) is 13.0 Å². The van der Waals surface area contributed by atoms with Crippen LogP contribution in [0.4, 0.5) is 5.69 Å². The molecule has 144 valence electrons. The van der Waals surface area contributed by atoms with Gasteiger partial charge >= 0.3 is 10.1 Å². The fourth-order valence-electron chi connectivity index (χ4n) is 3.24. The summed E-state index contributed by atoms with van der Waals surface area (Å²) in [6.07, 6.45) is 0.636. The average Bonchev–Trinajstić information content (AvgIpc) is 2.99. The van der Waals surface area contributed by atoms with Crippen LogP contribution in [0.2, 0.25) is 0 Å². The molecule has 0 unspecified atom stereocenters. The second kappa shape index (κ2) is 6.68. The normalized spacial score (nSPS) is 14.2. The summed E-state index contributed by atoms with van der Waals surface area (Å²) in [7, 11) is -3.95. The second-order valence-corrected chi connectivity index (χ2v) is 9.53. The summed E-state index contributed by atoms with van der Waals surface area (Å²) in [5.74, 6) is 0.282. The summed E-state index contributed by atoms with van der Waals surface area (Å²) in [6, 6.07) is 10.3. The van der Waals surface area contributed by atoms with Crippen LogP contribution in [0.5, 0.6) is 5.75 Å². The van der Waals surface area contributed by atoms with Gasteiger partial charge in [-0.1, -0.05) is 32.9 Å². The Morgan fingerprint density at radius 3 is 2.41 bits per heavy atom. The zero-order chi connectivity index (χ0) is 20.0. The Bertz CT molecular complexity index is 1000. The minimum Gasteiger partial charge on any atom is -0.379 e. The van der Waals surface area contributed by atoms with Crippen LogP contribution in [0.15, 0.2) is 41.3 Å². The minimum absolute atomic E-state index is 0.0231. The van der Waals surface area contributed by atoms with Crippen LogP contribution in [0.25, 0.3) is 0 Å². The lowest BCUT2D eigenvalue weighted by molar-refractivity contribution is -0.116. The highest BCUT2D eigenvalue weighted by Crippen LogP contribution is 2.32. The fraction of sp³-hybridized carbons (Fsp3) is 0.381. The largest absolute Gasteiger partial charge is 0.379 e. The molecule has 27 heavy (non-hydrogen) atoms. The van der Waals surface area contributed by atoms with Gasteiger partial charge in [-0.25, -0.2) is 0 Å². The van der Waals surface area contributed by atoms with E-state index in [1.807, 2.05) is 19.1 Å². The molecule has 1 aliphatic heterocycles. The van der Waals surface area contributed by atoms with Gasteiger partial charge in [0.15, 0.2) is 0 Å². The third-order valence-corrected chi connectivity index (χ3v) is 6.09. The van der Waals surface area contributed by atoms with E-state index in [4.69, 9.17) is 4.18 Å². The first kappa shape index (κ1) is 19.4. The Hall–Kier alpha value is -2.34. The maximum atomic E-state index is 12.7. The van der Waals surface area contributed by atoms with Crippen molar-refractivity contribution in [1.29, 1.82) is 0 Å². The molecule has 6 heteroatoms. The smallest absolute Gasteiger partial charge is 0.339 e. The van der Waals surface area contributed by atoms with Gasteiger partial charge in [0.2, 0.25) is 5.91 Å². The van der Waals surface area contributed by atoms with Crippen molar-refractivity contribution in [2.45, 2.75) is 51.3 Å². The number of carbonyl (C=O) groups is 1. The molecule has 0 aliphatic carbocycles. The molecule has 0 radical (unpaired) electrons. The molecule has 0 spiro atoms. The zero-order valence-corrected chi connectivity index (χ0v) is 17.2. The third kappa shape index (κ3) is 3.86. The topological polar surface area (TPSA) is 63.7 Å². The number of amides is 1. The Labute approximate surface area is 161 Å². The Morgan fingerprint density at radius 2 is 1.81 bits per heavy atom. The Balaban J connectivity index is 1.89. The van der Waals surface area contributed by atoms with Crippen molar-refractivity contribution >= 4 is 21.7 Å². The van der Waals surface area contributed by atoms with Crippen molar-refractivity contribution in [3.05, 3.63) is 53.1 Å². The van der Waals surface area contributed by atoms with Crippen molar-refractivity contribution in [2.75, 3.05) is 11.4 Å². The molecule has 0 saturated carbocycles. The first-order valence-corrected chi connectivity index (χ1v) is 10.4. The highest BCUT2D eigenvalue weighted by molar-refractivity contribution is 7.87. The van der Waals surface area contributed by atoms with E-state index >= 15 is 0 Å². The SMILES string of the molecule is CC(=O)N1CCc2cc(S(=O)(=O)Oc3ccc(C(C)(C)C)cc3C)ccc21. The van der Waals surface area contributed by atoms with Gasteiger partial charge in [0.25, 0.3) is 0 Å². The van der Waals surface area contributed by atoms with Crippen LogP contribution in [-0.2, 0) is 26.7 Å². The quantitative estimate of drug-likeness (QED) is 0.748. The maximum absolute atomic E-state index is 12.7. The van der Waals surface area contributed by atoms with Crippen LogP contribution in [0.3, 0.4) is 0 Å². The molecule has 2 aromatic rings. The molecule has 1 aliphatic rings. The molecule has 0 fully saturated rings. The van der Waals surface area contributed by atoms with Crippen molar-refractivity contribution in [3.8, 4) is 5.75 Å². The number of hydrogen-bond acceptors (Lipinski definition) is 4. The molecule has 0 saturated heterocycles. The number of anilines is 1. The van der Waals surface area contributed by atoms with E-state index in [0.717, 1.165) is 22.4 Å². The van der Waals surface area contributed by atoms with Gasteiger partial charge in [0.05, 0.1) is 0 Å². The summed E-state index contributed by atoms with van der Waals surface area (Å²) in [5.41, 5.74) is 3.48. The summed E-state index contributed by atoms with van der Waals surface area (Å²) < 4.78 is 30.9. The van der Waals surface area contributed by atoms with Crippen LogP contribution >= 0.6 is 0 Å². The molecule has 2 aromatic carbocycles. The van der Waals surface area contributed by atoms with Gasteiger partial charge in [-0.2, -0.15) is 8.42 Å². The molecule has 3 rings (SSSR count). The van der Waals surface area contributed by atoms with Crippen LogP contribution in [0, 0.1) is 6.92 Å². The van der Waals surface area contributed by atoms with Gasteiger partial charge in [-0.3, -0.25) is 4.79 Å². The maximum Gasteiger partial charge on any atom is 0.339 e. The van der Waals surface area contributed by atoms with Crippen molar-refractivity contribution < 1.29 is 17.4 Å². The Kier molecular flexibility index (Phi) is 4.80. The van der Waals surface area contributed by atoms with E-state index in [9.17, 15) is 13.2 Å². The fourth-order valence-corrected chi connectivity index (χ4v) is 4.28. The molecule has 0 bridgehead atoms. The molecule has 0 aromatic heterocycles. The monoisotopic (exact) mass is 387 g/mol. The highest BCUT2D eigenvalue weighted by Gasteiger charge is 2.26. The zero-order valence-electron chi connectivity index (χ0n) is 16.4. The lowest BCUT2D eigenvalue weighted by atomic mass is 9.86. The van der Waals surface area contributed by atoms with Crippen LogP contribution < -0.4 is 9.08 Å². The molecule has 1 amide bonds. The van der Waals surface area contributed by atoms with E-state index in [0.29, 0.717) is 18.7 Å². The van der Waals surface area contributed by atoms with E-state index < -0.39 is 10.1 Å². The standard InChI is InChI=1S/C21H25NO4S/c1-14-12-17(21(3,4)5)6-9-20(14)26-27(24,25)18-7-8-19-16(13-18)10-11-22(19)15(2)23/h6-9,12-13H,10-11H2,1-5H3. The molecular weight excluding hydrogens is 362 g/mol. The lowest BCUT2D eigenvalue weighted by Crippen LogP contribution is -2.25. The highest BCUT2D eigenvalue weighted by atomic mass is 32.2. The number of carbonyl (C=O) groups excluding carboxylic acids is 1. The predicted molar refractivity (Wildman–Crippen MR) is 106 cm³/mol. The van der Waals surface area contributed by atoms with Crippen LogP contribution in [0.1, 0.15) is 44.4 Å². The van der Waals surface area contributed by atoms with Gasteiger partial charge < -0.3 is 9.08 Å². The summed E-state index contributed by atoms with van der Waals surface area (Å²) in [4.78, 5) is 13.4. The van der Waals surface area contributed by atoms with E-state index in [2.05, 4.69) is 20.8 Å². The average molecular weight is 388 g/mol. The van der Waals surface area contributed by atoms with Crippen molar-refractivity contribution in [2.24, 2.45) is 0 Å². The van der Waals surface area contributed by atoms with Crippen molar-refractivity contribution in [1.82, 2.24) is 0 Å². The summed E-state index contributed by atoms with van der Waals surface area (Å²) >= 11 is 0. The van der Waals surface area contributed by atoms with E-state index in [1.54, 1.807) is 23.1 Å². The van der Waals surface area contributed by atoms with E-state index in [-0.39, 0.29) is 16.2 Å². The number of benzene rings is 2. The number of hydrogen-bond donors (Lipinski definition) is 0. The predicted octanol–water partition coefficient (Wildman–Crippen LogP) is 3.97. The first-order valence-electron chi connectivity index (χ1n) is 8.96. The van der Waals surface area contributed by atoms with Gasteiger partial charge in [-0.15, -0.1) is 0 Å². The number of fused-ring (bicyclic) bond motifs is 1. The van der Waals surface area contributed by atoms with Crippen LogP contribution in [-0.4, -0.2) is 20.9 Å². The molecule has 0 atom stereocenters. The summed E-state index contributed by atoms with van der Waals surface area (Å²) in [5, 5.41) is 0. The lowest BCUT2D eigenvalue weighted by Gasteiger charge is -2.20. The first-order chi connectivity index (χ1) is 12.5. The molecule has 5 nitrogen and oxygen atoms in total. The van der Waals surface area contributed by atoms with Gasteiger partial charge in [0, 0.05) is 19.2 Å². The number of aryl methyl sites for hydroxylation is 1. The third-order valence-electron chi connectivity index (χ3n) is 4.86. The number of rotatable bonds is 3. The minimum atomic E-state index is -3.95. The summed E-state index contributed by atoms with van der Waals surface area (Å²) in [6.45, 7) is 10.2. The molecule has 0 N–H and O–H groups in total. The van der Waals surface area contributed by atoms with Gasteiger partial charge in [0.1, 0.15) is 10.6 Å².